The van der Waals surface area contributed by atoms with Gasteiger partial charge in [0.1, 0.15) is 18.0 Å². The fourth-order valence-electron chi connectivity index (χ4n) is 3.62. The Balaban J connectivity index is 1.67. The Morgan fingerprint density at radius 2 is 1.93 bits per heavy atom. The maximum atomic E-state index is 12.4. The minimum absolute atomic E-state index is 0.0990. The van der Waals surface area contributed by atoms with Crippen molar-refractivity contribution in [2.24, 2.45) is 0 Å². The van der Waals surface area contributed by atoms with Gasteiger partial charge in [0, 0.05) is 37.8 Å². The number of aromatic nitrogens is 2. The van der Waals surface area contributed by atoms with E-state index >= 15 is 0 Å². The van der Waals surface area contributed by atoms with E-state index < -0.39 is 21.7 Å². The molecule has 3 rings (SSSR count). The zero-order valence-electron chi connectivity index (χ0n) is 17.1. The number of aliphatic hydroxyl groups excluding tert-OH is 1. The number of hydrogen-bond donors (Lipinski definition) is 2. The van der Waals surface area contributed by atoms with Gasteiger partial charge in [-0.25, -0.2) is 18.4 Å². The molecular weight excluding hydrogens is 390 g/mol. The molecule has 9 heteroatoms. The van der Waals surface area contributed by atoms with Crippen LogP contribution in [-0.2, 0) is 10.0 Å². The molecule has 0 aliphatic carbocycles. The molecule has 1 atom stereocenters. The van der Waals surface area contributed by atoms with E-state index in [0.29, 0.717) is 32.0 Å². The van der Waals surface area contributed by atoms with Gasteiger partial charge in [0.05, 0.1) is 11.9 Å². The summed E-state index contributed by atoms with van der Waals surface area (Å²) in [6.07, 6.45) is 0.839. The second-order valence-electron chi connectivity index (χ2n) is 7.78. The van der Waals surface area contributed by atoms with Crippen molar-refractivity contribution in [1.82, 2.24) is 14.3 Å². The Bertz CT molecular complexity index is 921. The van der Waals surface area contributed by atoms with Crippen molar-refractivity contribution in [3.63, 3.8) is 0 Å². The second kappa shape index (κ2) is 8.64. The van der Waals surface area contributed by atoms with Gasteiger partial charge >= 0.3 is 0 Å². The first-order chi connectivity index (χ1) is 13.7. The number of nitrogens with zero attached hydrogens (tertiary/aromatic N) is 4. The van der Waals surface area contributed by atoms with Crippen LogP contribution in [0.5, 0.6) is 0 Å². The lowest BCUT2D eigenvalue weighted by atomic mass is 10.0. The third-order valence-corrected chi connectivity index (χ3v) is 7.24. The summed E-state index contributed by atoms with van der Waals surface area (Å²) in [6.45, 7) is 7.38. The molecule has 2 N–H and O–H groups in total. The molecule has 1 aromatic carbocycles. The van der Waals surface area contributed by atoms with E-state index in [0.717, 1.165) is 11.4 Å². The molecule has 8 nitrogen and oxygen atoms in total. The number of anilines is 2. The predicted octanol–water partition coefficient (Wildman–Crippen LogP) is 1.87. The molecule has 2 aromatic rings. The summed E-state index contributed by atoms with van der Waals surface area (Å²) < 4.78 is 26.4. The van der Waals surface area contributed by atoms with Crippen LogP contribution in [0.2, 0.25) is 0 Å². The van der Waals surface area contributed by atoms with Gasteiger partial charge < -0.3 is 15.3 Å². The number of benzene rings is 1. The Kier molecular flexibility index (Phi) is 6.40. The summed E-state index contributed by atoms with van der Waals surface area (Å²) >= 11 is 0. The SMILES string of the molecule is CCS(=O)(=O)N1CCN(c2cc(NCC(O)c3ccccc3)ncn2)CC1(C)C. The van der Waals surface area contributed by atoms with Gasteiger partial charge in [0.15, 0.2) is 0 Å². The van der Waals surface area contributed by atoms with Crippen LogP contribution >= 0.6 is 0 Å². The van der Waals surface area contributed by atoms with Crippen molar-refractivity contribution < 1.29 is 13.5 Å². The normalized spacial score (nSPS) is 18.4. The Hall–Kier alpha value is -2.23. The van der Waals surface area contributed by atoms with Crippen LogP contribution < -0.4 is 10.2 Å². The van der Waals surface area contributed by atoms with Crippen LogP contribution in [0, 0.1) is 0 Å². The van der Waals surface area contributed by atoms with Crippen LogP contribution in [0.3, 0.4) is 0 Å². The van der Waals surface area contributed by atoms with Crippen molar-refractivity contribution in [3.05, 3.63) is 48.3 Å². The molecule has 0 bridgehead atoms. The molecule has 1 saturated heterocycles. The molecule has 1 unspecified atom stereocenters. The van der Waals surface area contributed by atoms with Crippen molar-refractivity contribution in [2.45, 2.75) is 32.4 Å². The smallest absolute Gasteiger partial charge is 0.214 e. The number of nitrogens with one attached hydrogen (secondary N) is 1. The number of rotatable bonds is 7. The van der Waals surface area contributed by atoms with Gasteiger partial charge in [-0.15, -0.1) is 0 Å². The zero-order chi connectivity index (χ0) is 21.1. The van der Waals surface area contributed by atoms with Gasteiger partial charge in [-0.2, -0.15) is 4.31 Å². The van der Waals surface area contributed by atoms with E-state index in [4.69, 9.17) is 0 Å². The minimum Gasteiger partial charge on any atom is -0.387 e. The molecule has 0 amide bonds. The molecule has 0 radical (unpaired) electrons. The Labute approximate surface area is 172 Å². The summed E-state index contributed by atoms with van der Waals surface area (Å²) in [4.78, 5) is 10.7. The molecular formula is C20H29N5O3S. The highest BCUT2D eigenvalue weighted by atomic mass is 32.2. The fraction of sp³-hybridized carbons (Fsp3) is 0.500. The molecule has 1 aliphatic rings. The number of piperazine rings is 1. The fourth-order valence-corrected chi connectivity index (χ4v) is 5.10. The number of hydrogen-bond acceptors (Lipinski definition) is 7. The largest absolute Gasteiger partial charge is 0.387 e. The molecule has 29 heavy (non-hydrogen) atoms. The van der Waals surface area contributed by atoms with Gasteiger partial charge in [-0.3, -0.25) is 0 Å². The van der Waals surface area contributed by atoms with Crippen molar-refractivity contribution in [1.29, 1.82) is 0 Å². The lowest BCUT2D eigenvalue weighted by Crippen LogP contribution is -2.61. The molecule has 0 saturated carbocycles. The number of aliphatic hydroxyl groups is 1. The van der Waals surface area contributed by atoms with Gasteiger partial charge in [-0.1, -0.05) is 30.3 Å². The highest BCUT2D eigenvalue weighted by Crippen LogP contribution is 2.28. The van der Waals surface area contributed by atoms with E-state index in [9.17, 15) is 13.5 Å². The van der Waals surface area contributed by atoms with Crippen LogP contribution in [0.1, 0.15) is 32.4 Å². The third-order valence-electron chi connectivity index (χ3n) is 5.16. The average molecular weight is 420 g/mol. The summed E-state index contributed by atoms with van der Waals surface area (Å²) in [5.74, 6) is 1.45. The monoisotopic (exact) mass is 419 g/mol. The first-order valence-electron chi connectivity index (χ1n) is 9.77. The lowest BCUT2D eigenvalue weighted by molar-refractivity contribution is 0.191. The Morgan fingerprint density at radius 3 is 2.59 bits per heavy atom. The molecule has 1 aliphatic heterocycles. The summed E-state index contributed by atoms with van der Waals surface area (Å²) in [7, 11) is -3.25. The summed E-state index contributed by atoms with van der Waals surface area (Å²) in [5, 5.41) is 13.5. The summed E-state index contributed by atoms with van der Waals surface area (Å²) in [6, 6.07) is 11.3. The zero-order valence-corrected chi connectivity index (χ0v) is 17.9. The Morgan fingerprint density at radius 1 is 1.21 bits per heavy atom. The summed E-state index contributed by atoms with van der Waals surface area (Å²) in [5.41, 5.74) is 0.305. The van der Waals surface area contributed by atoms with Crippen molar-refractivity contribution in [3.8, 4) is 0 Å². The van der Waals surface area contributed by atoms with Crippen molar-refractivity contribution in [2.75, 3.05) is 42.1 Å². The van der Waals surface area contributed by atoms with Crippen LogP contribution in [0.15, 0.2) is 42.7 Å². The second-order valence-corrected chi connectivity index (χ2v) is 9.96. The van der Waals surface area contributed by atoms with Gasteiger partial charge in [0.25, 0.3) is 0 Å². The van der Waals surface area contributed by atoms with Crippen LogP contribution in [0.4, 0.5) is 11.6 Å². The minimum atomic E-state index is -3.25. The van der Waals surface area contributed by atoms with E-state index in [2.05, 4.69) is 20.2 Å². The molecule has 0 spiro atoms. The topological polar surface area (TPSA) is 98.7 Å². The number of sulfonamides is 1. The maximum absolute atomic E-state index is 12.4. The third kappa shape index (κ3) is 5.04. The van der Waals surface area contributed by atoms with Crippen LogP contribution in [-0.4, -0.2) is 65.3 Å². The molecule has 158 valence electrons. The average Bonchev–Trinajstić information content (AvgIpc) is 2.72. The highest BCUT2D eigenvalue weighted by molar-refractivity contribution is 7.89. The first-order valence-corrected chi connectivity index (χ1v) is 11.4. The maximum Gasteiger partial charge on any atom is 0.214 e. The first kappa shape index (κ1) is 21.5. The molecule has 1 aromatic heterocycles. The van der Waals surface area contributed by atoms with E-state index in [1.165, 1.54) is 6.33 Å². The van der Waals surface area contributed by atoms with E-state index in [-0.39, 0.29) is 5.75 Å². The van der Waals surface area contributed by atoms with Gasteiger partial charge in [-0.05, 0) is 26.3 Å². The predicted molar refractivity (Wildman–Crippen MR) is 114 cm³/mol. The van der Waals surface area contributed by atoms with Crippen molar-refractivity contribution >= 4 is 21.7 Å². The highest BCUT2D eigenvalue weighted by Gasteiger charge is 2.40. The standard InChI is InChI=1S/C20H29N5O3S/c1-4-29(27,28)25-11-10-24(14-20(25,2)3)19-12-18(22-15-23-19)21-13-17(26)16-8-6-5-7-9-16/h5-9,12,15,17,26H,4,10-11,13-14H2,1-3H3,(H,21,22,23). The molecule has 2 heterocycles. The van der Waals surface area contributed by atoms with E-state index in [1.807, 2.05) is 50.2 Å². The van der Waals surface area contributed by atoms with E-state index in [1.54, 1.807) is 11.2 Å². The quantitative estimate of drug-likeness (QED) is 0.707. The lowest BCUT2D eigenvalue weighted by Gasteiger charge is -2.46. The van der Waals surface area contributed by atoms with Crippen LogP contribution in [0.25, 0.3) is 0 Å². The molecule has 1 fully saturated rings. The van der Waals surface area contributed by atoms with Gasteiger partial charge in [0.2, 0.25) is 10.0 Å².